The van der Waals surface area contributed by atoms with Crippen molar-refractivity contribution in [1.29, 1.82) is 0 Å². The zero-order chi connectivity index (χ0) is 34.3. The number of anilines is 1. The molecule has 0 unspecified atom stereocenters. The Kier molecular flexibility index (Phi) is 12.1. The van der Waals surface area contributed by atoms with Crippen molar-refractivity contribution in [1.82, 2.24) is 10.2 Å². The highest BCUT2D eigenvalue weighted by Gasteiger charge is 2.36. The normalized spacial score (nSPS) is 14.2. The number of nitrogens with one attached hydrogen (secondary N) is 1. The van der Waals surface area contributed by atoms with E-state index >= 15 is 0 Å². The van der Waals surface area contributed by atoms with Crippen molar-refractivity contribution in [2.24, 2.45) is 0 Å². The summed E-state index contributed by atoms with van der Waals surface area (Å²) in [6, 6.07) is 26.2. The van der Waals surface area contributed by atoms with Gasteiger partial charge in [-0.25, -0.2) is 8.42 Å². The number of benzene rings is 4. The third kappa shape index (κ3) is 8.91. The van der Waals surface area contributed by atoms with Crippen LogP contribution in [0, 0.1) is 6.92 Å². The summed E-state index contributed by atoms with van der Waals surface area (Å²) >= 11 is 19.3. The lowest BCUT2D eigenvalue weighted by atomic mass is 9.94. The number of halogens is 3. The summed E-state index contributed by atoms with van der Waals surface area (Å²) < 4.78 is 29.5. The molecule has 11 heteroatoms. The van der Waals surface area contributed by atoms with E-state index in [0.29, 0.717) is 26.3 Å². The maximum atomic E-state index is 14.7. The molecule has 0 heterocycles. The minimum Gasteiger partial charge on any atom is -0.352 e. The monoisotopic (exact) mass is 725 g/mol. The van der Waals surface area contributed by atoms with Gasteiger partial charge in [0.1, 0.15) is 12.6 Å². The molecule has 4 aromatic rings. The van der Waals surface area contributed by atoms with Crippen LogP contribution in [0.15, 0.2) is 102 Å². The molecule has 0 radical (unpaired) electrons. The van der Waals surface area contributed by atoms with Gasteiger partial charge in [0.2, 0.25) is 11.8 Å². The second-order valence-corrected chi connectivity index (χ2v) is 15.2. The van der Waals surface area contributed by atoms with Gasteiger partial charge < -0.3 is 10.2 Å². The van der Waals surface area contributed by atoms with Crippen LogP contribution in [-0.2, 0) is 32.6 Å². The van der Waals surface area contributed by atoms with Crippen molar-refractivity contribution in [3.8, 4) is 0 Å². The van der Waals surface area contributed by atoms with E-state index in [4.69, 9.17) is 34.8 Å². The molecular weight excluding hydrogens is 689 g/mol. The molecule has 1 fully saturated rings. The molecule has 1 atom stereocenters. The highest BCUT2D eigenvalue weighted by molar-refractivity contribution is 7.92. The third-order valence-corrected chi connectivity index (χ3v) is 11.3. The summed E-state index contributed by atoms with van der Waals surface area (Å²) in [5.41, 5.74) is 2.42. The van der Waals surface area contributed by atoms with Crippen LogP contribution in [0.4, 0.5) is 5.69 Å². The van der Waals surface area contributed by atoms with Crippen molar-refractivity contribution in [2.75, 3.05) is 10.8 Å². The van der Waals surface area contributed by atoms with Gasteiger partial charge >= 0.3 is 0 Å². The molecule has 0 spiro atoms. The zero-order valence-electron chi connectivity index (χ0n) is 26.6. The molecule has 1 aliphatic rings. The standard InChI is InChI=1S/C37H38Cl3N3O4S/c1-26-10-8-15-30(22-26)43(48(46,47)31-20-18-28(38)19-21-31)25-36(44)42(24-32-33(39)16-9-17-34(32)40)35(23-27-11-4-2-5-12-27)37(45)41-29-13-6-3-7-14-29/h2,4-5,8-12,15-22,29,35H,3,6-7,13-14,23-25H2,1H3,(H,41,45)/t35-/m1/s1. The Morgan fingerprint density at radius 2 is 1.48 bits per heavy atom. The molecule has 1 N–H and O–H groups in total. The van der Waals surface area contributed by atoms with Crippen molar-refractivity contribution in [3.05, 3.63) is 129 Å². The van der Waals surface area contributed by atoms with Crippen LogP contribution in [0.3, 0.4) is 0 Å². The summed E-state index contributed by atoms with van der Waals surface area (Å²) in [6.07, 6.45) is 5.05. The van der Waals surface area contributed by atoms with Gasteiger partial charge in [-0.1, -0.05) is 103 Å². The van der Waals surface area contributed by atoms with E-state index < -0.39 is 28.5 Å². The molecule has 4 aromatic carbocycles. The van der Waals surface area contributed by atoms with Gasteiger partial charge in [-0.3, -0.25) is 13.9 Å². The fraction of sp³-hybridized carbons (Fsp3) is 0.297. The predicted molar refractivity (Wildman–Crippen MR) is 193 cm³/mol. The van der Waals surface area contributed by atoms with Crippen LogP contribution in [-0.4, -0.2) is 43.8 Å². The molecule has 1 aliphatic carbocycles. The average molecular weight is 727 g/mol. The summed E-state index contributed by atoms with van der Waals surface area (Å²) in [5.74, 6) is -0.908. The summed E-state index contributed by atoms with van der Waals surface area (Å²) in [4.78, 5) is 30.4. The van der Waals surface area contributed by atoms with E-state index in [1.165, 1.54) is 29.2 Å². The fourth-order valence-electron chi connectivity index (χ4n) is 6.00. The molecule has 0 bridgehead atoms. The zero-order valence-corrected chi connectivity index (χ0v) is 29.7. The van der Waals surface area contributed by atoms with E-state index in [9.17, 15) is 18.0 Å². The number of aryl methyl sites for hydroxylation is 1. The Morgan fingerprint density at radius 1 is 0.833 bits per heavy atom. The topological polar surface area (TPSA) is 86.8 Å². The Bertz CT molecular complexity index is 1810. The number of hydrogen-bond acceptors (Lipinski definition) is 4. The maximum Gasteiger partial charge on any atom is 0.264 e. The first kappa shape index (κ1) is 35.7. The van der Waals surface area contributed by atoms with Gasteiger partial charge in [-0.05, 0) is 79.4 Å². The van der Waals surface area contributed by atoms with Crippen LogP contribution in [0.25, 0.3) is 0 Å². The first-order valence-corrected chi connectivity index (χ1v) is 18.5. The molecule has 7 nitrogen and oxygen atoms in total. The van der Waals surface area contributed by atoms with Gasteiger partial charge in [0.05, 0.1) is 10.6 Å². The van der Waals surface area contributed by atoms with E-state index in [2.05, 4.69) is 5.32 Å². The Hall–Kier alpha value is -3.56. The Balaban J connectivity index is 1.59. The summed E-state index contributed by atoms with van der Waals surface area (Å²) in [7, 11) is -4.26. The molecule has 0 saturated heterocycles. The molecule has 2 amide bonds. The first-order chi connectivity index (χ1) is 23.0. The molecular formula is C37H38Cl3N3O4S. The number of rotatable bonds is 12. The van der Waals surface area contributed by atoms with Crippen LogP contribution < -0.4 is 9.62 Å². The number of carbonyl (C=O) groups is 2. The molecule has 0 aromatic heterocycles. The second-order valence-electron chi connectivity index (χ2n) is 12.1. The number of carbonyl (C=O) groups excluding carboxylic acids is 2. The molecule has 252 valence electrons. The molecule has 0 aliphatic heterocycles. The van der Waals surface area contributed by atoms with Crippen LogP contribution in [0.5, 0.6) is 0 Å². The van der Waals surface area contributed by atoms with Gasteiger partial charge in [0.25, 0.3) is 10.0 Å². The SMILES string of the molecule is Cc1cccc(N(CC(=O)N(Cc2c(Cl)cccc2Cl)[C@H](Cc2ccccc2)C(=O)NC2CCCCC2)S(=O)(=O)c2ccc(Cl)cc2)c1. The van der Waals surface area contributed by atoms with E-state index in [1.807, 2.05) is 43.3 Å². The number of nitrogens with zero attached hydrogens (tertiary/aromatic N) is 2. The van der Waals surface area contributed by atoms with Crippen molar-refractivity contribution in [2.45, 2.75) is 69.0 Å². The molecule has 1 saturated carbocycles. The van der Waals surface area contributed by atoms with Crippen LogP contribution in [0.2, 0.25) is 15.1 Å². The third-order valence-electron chi connectivity index (χ3n) is 8.58. The van der Waals surface area contributed by atoms with Crippen LogP contribution >= 0.6 is 34.8 Å². The predicted octanol–water partition coefficient (Wildman–Crippen LogP) is 8.24. The summed E-state index contributed by atoms with van der Waals surface area (Å²) in [6.45, 7) is 1.14. The maximum absolute atomic E-state index is 14.7. The largest absolute Gasteiger partial charge is 0.352 e. The first-order valence-electron chi connectivity index (χ1n) is 15.9. The number of sulfonamides is 1. The number of hydrogen-bond donors (Lipinski definition) is 1. The van der Waals surface area contributed by atoms with Crippen molar-refractivity contribution >= 4 is 62.3 Å². The fourth-order valence-corrected chi connectivity index (χ4v) is 8.05. The Labute approximate surface area is 297 Å². The van der Waals surface area contributed by atoms with Gasteiger partial charge in [0, 0.05) is 39.6 Å². The lowest BCUT2D eigenvalue weighted by Gasteiger charge is -2.35. The van der Waals surface area contributed by atoms with E-state index in [1.54, 1.807) is 36.4 Å². The van der Waals surface area contributed by atoms with E-state index in [-0.39, 0.29) is 29.8 Å². The lowest BCUT2D eigenvalue weighted by Crippen LogP contribution is -2.55. The van der Waals surface area contributed by atoms with Crippen LogP contribution in [0.1, 0.15) is 48.8 Å². The van der Waals surface area contributed by atoms with Gasteiger partial charge in [-0.2, -0.15) is 0 Å². The molecule has 48 heavy (non-hydrogen) atoms. The quantitative estimate of drug-likeness (QED) is 0.159. The van der Waals surface area contributed by atoms with Gasteiger partial charge in [0.15, 0.2) is 0 Å². The number of amides is 2. The van der Waals surface area contributed by atoms with Crippen molar-refractivity contribution in [3.63, 3.8) is 0 Å². The van der Waals surface area contributed by atoms with Crippen molar-refractivity contribution < 1.29 is 18.0 Å². The average Bonchev–Trinajstić information content (AvgIpc) is 3.07. The summed E-state index contributed by atoms with van der Waals surface area (Å²) in [5, 5.41) is 4.24. The Morgan fingerprint density at radius 3 is 2.12 bits per heavy atom. The second kappa shape index (κ2) is 16.2. The van der Waals surface area contributed by atoms with E-state index in [0.717, 1.165) is 47.5 Å². The molecule has 5 rings (SSSR count). The highest BCUT2D eigenvalue weighted by Crippen LogP contribution is 2.30. The minimum absolute atomic E-state index is 0.0144. The minimum atomic E-state index is -4.26. The smallest absolute Gasteiger partial charge is 0.264 e. The highest BCUT2D eigenvalue weighted by atomic mass is 35.5. The van der Waals surface area contributed by atoms with Gasteiger partial charge in [-0.15, -0.1) is 0 Å². The lowest BCUT2D eigenvalue weighted by molar-refractivity contribution is -0.140.